The highest BCUT2D eigenvalue weighted by Gasteiger charge is 2.15. The fourth-order valence-corrected chi connectivity index (χ4v) is 1.52. The molecule has 0 aromatic rings. The van der Waals surface area contributed by atoms with Crippen LogP contribution < -0.4 is 5.32 Å². The SMILES string of the molecule is CC(C)(C)OC(=O)NCCOCCOCCCCCC(=O)O. The van der Waals surface area contributed by atoms with Gasteiger partial charge in [0.25, 0.3) is 0 Å². The molecule has 0 unspecified atom stereocenters. The Labute approximate surface area is 132 Å². The number of carboxylic acids is 1. The second-order valence-corrected chi connectivity index (χ2v) is 5.86. The Morgan fingerprint density at radius 3 is 2.18 bits per heavy atom. The first-order valence-corrected chi connectivity index (χ1v) is 7.65. The van der Waals surface area contributed by atoms with E-state index in [2.05, 4.69) is 5.32 Å². The summed E-state index contributed by atoms with van der Waals surface area (Å²) in [4.78, 5) is 21.6. The highest BCUT2D eigenvalue weighted by atomic mass is 16.6. The number of rotatable bonds is 12. The molecule has 0 aliphatic rings. The number of hydrogen-bond acceptors (Lipinski definition) is 5. The summed E-state index contributed by atoms with van der Waals surface area (Å²) in [7, 11) is 0. The summed E-state index contributed by atoms with van der Waals surface area (Å²) in [6.45, 7) is 7.78. The van der Waals surface area contributed by atoms with Gasteiger partial charge in [-0.15, -0.1) is 0 Å². The van der Waals surface area contributed by atoms with E-state index < -0.39 is 17.7 Å². The van der Waals surface area contributed by atoms with Crippen LogP contribution in [0.25, 0.3) is 0 Å². The van der Waals surface area contributed by atoms with Crippen molar-refractivity contribution in [3.05, 3.63) is 0 Å². The Bertz CT molecular complexity index is 314. The molecule has 0 rings (SSSR count). The van der Waals surface area contributed by atoms with Crippen LogP contribution in [0, 0.1) is 0 Å². The van der Waals surface area contributed by atoms with Gasteiger partial charge in [-0.25, -0.2) is 4.79 Å². The molecule has 0 fully saturated rings. The maximum Gasteiger partial charge on any atom is 0.407 e. The number of hydrogen-bond donors (Lipinski definition) is 2. The van der Waals surface area contributed by atoms with E-state index in [0.717, 1.165) is 12.8 Å². The fourth-order valence-electron chi connectivity index (χ4n) is 1.52. The van der Waals surface area contributed by atoms with E-state index in [1.807, 2.05) is 20.8 Å². The molecule has 0 aliphatic carbocycles. The topological polar surface area (TPSA) is 94.1 Å². The normalized spacial score (nSPS) is 11.2. The predicted octanol–water partition coefficient (Wildman–Crippen LogP) is 2.19. The van der Waals surface area contributed by atoms with E-state index in [-0.39, 0.29) is 6.42 Å². The lowest BCUT2D eigenvalue weighted by Gasteiger charge is -2.19. The van der Waals surface area contributed by atoms with Gasteiger partial charge in [-0.05, 0) is 33.6 Å². The van der Waals surface area contributed by atoms with Crippen molar-refractivity contribution in [2.24, 2.45) is 0 Å². The minimum absolute atomic E-state index is 0.216. The van der Waals surface area contributed by atoms with Crippen molar-refractivity contribution in [1.82, 2.24) is 5.32 Å². The molecule has 0 atom stereocenters. The van der Waals surface area contributed by atoms with Gasteiger partial charge in [0.05, 0.1) is 19.8 Å². The fraction of sp³-hybridized carbons (Fsp3) is 0.867. The van der Waals surface area contributed by atoms with E-state index in [9.17, 15) is 9.59 Å². The monoisotopic (exact) mass is 319 g/mol. The molecular formula is C15H29NO6. The van der Waals surface area contributed by atoms with Gasteiger partial charge >= 0.3 is 12.1 Å². The summed E-state index contributed by atoms with van der Waals surface area (Å²) in [6.07, 6.45) is 2.16. The number of aliphatic carboxylic acids is 1. The third-order valence-electron chi connectivity index (χ3n) is 2.47. The molecule has 0 heterocycles. The van der Waals surface area contributed by atoms with Gasteiger partial charge in [0.1, 0.15) is 5.60 Å². The Morgan fingerprint density at radius 1 is 0.955 bits per heavy atom. The molecule has 130 valence electrons. The van der Waals surface area contributed by atoms with Crippen LogP contribution in [-0.4, -0.2) is 55.7 Å². The summed E-state index contributed by atoms with van der Waals surface area (Å²) in [5.74, 6) is -0.755. The highest BCUT2D eigenvalue weighted by Crippen LogP contribution is 2.06. The second kappa shape index (κ2) is 12.2. The van der Waals surface area contributed by atoms with E-state index >= 15 is 0 Å². The highest BCUT2D eigenvalue weighted by molar-refractivity contribution is 5.67. The summed E-state index contributed by atoms with van der Waals surface area (Å²) in [5.41, 5.74) is -0.497. The van der Waals surface area contributed by atoms with Crippen LogP contribution in [0.5, 0.6) is 0 Å². The molecule has 0 aromatic heterocycles. The van der Waals surface area contributed by atoms with Crippen LogP contribution in [0.4, 0.5) is 4.79 Å². The average Bonchev–Trinajstić information content (AvgIpc) is 2.37. The van der Waals surface area contributed by atoms with Gasteiger partial charge in [0.2, 0.25) is 0 Å². The van der Waals surface area contributed by atoms with Crippen LogP contribution in [0.2, 0.25) is 0 Å². The minimum atomic E-state index is -0.755. The van der Waals surface area contributed by atoms with Gasteiger partial charge < -0.3 is 24.6 Å². The zero-order valence-electron chi connectivity index (χ0n) is 13.9. The lowest BCUT2D eigenvalue weighted by molar-refractivity contribution is -0.137. The molecule has 0 saturated carbocycles. The van der Waals surface area contributed by atoms with Gasteiger partial charge in [0, 0.05) is 19.6 Å². The standard InChI is InChI=1S/C15H29NO6/c1-15(2,3)22-14(19)16-8-10-21-12-11-20-9-6-4-5-7-13(17)18/h4-12H2,1-3H3,(H,16,19)(H,17,18). The maximum absolute atomic E-state index is 11.3. The molecule has 7 nitrogen and oxygen atoms in total. The Balaban J connectivity index is 3.21. The number of nitrogens with one attached hydrogen (secondary N) is 1. The van der Waals surface area contributed by atoms with Crippen molar-refractivity contribution in [3.8, 4) is 0 Å². The summed E-state index contributed by atoms with van der Waals surface area (Å²) in [5, 5.41) is 11.1. The number of ether oxygens (including phenoxy) is 3. The lowest BCUT2D eigenvalue weighted by Crippen LogP contribution is -2.34. The smallest absolute Gasteiger partial charge is 0.407 e. The first kappa shape index (κ1) is 20.7. The second-order valence-electron chi connectivity index (χ2n) is 5.86. The van der Waals surface area contributed by atoms with Crippen LogP contribution >= 0.6 is 0 Å². The third-order valence-corrected chi connectivity index (χ3v) is 2.47. The molecular weight excluding hydrogens is 290 g/mol. The number of alkyl carbamates (subject to hydrolysis) is 1. The van der Waals surface area contributed by atoms with Gasteiger partial charge in [-0.2, -0.15) is 0 Å². The van der Waals surface area contributed by atoms with E-state index in [1.54, 1.807) is 0 Å². The van der Waals surface area contributed by atoms with Crippen molar-refractivity contribution in [1.29, 1.82) is 0 Å². The molecule has 2 N–H and O–H groups in total. The third kappa shape index (κ3) is 16.7. The van der Waals surface area contributed by atoms with Crippen molar-refractivity contribution in [2.45, 2.75) is 52.1 Å². The Kier molecular flexibility index (Phi) is 11.5. The molecule has 0 radical (unpaired) electrons. The number of unbranched alkanes of at least 4 members (excludes halogenated alkanes) is 2. The first-order valence-electron chi connectivity index (χ1n) is 7.65. The maximum atomic E-state index is 11.3. The average molecular weight is 319 g/mol. The molecule has 0 saturated heterocycles. The van der Waals surface area contributed by atoms with Crippen LogP contribution in [0.3, 0.4) is 0 Å². The zero-order valence-corrected chi connectivity index (χ0v) is 13.9. The van der Waals surface area contributed by atoms with Crippen LogP contribution in [0.1, 0.15) is 46.5 Å². The number of carbonyl (C=O) groups excluding carboxylic acids is 1. The van der Waals surface area contributed by atoms with Gasteiger partial charge in [0.15, 0.2) is 0 Å². The molecule has 0 aromatic carbocycles. The van der Waals surface area contributed by atoms with Gasteiger partial charge in [-0.3, -0.25) is 4.79 Å². The molecule has 1 amide bonds. The zero-order chi connectivity index (χ0) is 16.8. The van der Waals surface area contributed by atoms with Crippen molar-refractivity contribution >= 4 is 12.1 Å². The summed E-state index contributed by atoms with van der Waals surface area (Å²) in [6, 6.07) is 0. The first-order chi connectivity index (χ1) is 10.3. The summed E-state index contributed by atoms with van der Waals surface area (Å²) < 4.78 is 15.7. The minimum Gasteiger partial charge on any atom is -0.481 e. The van der Waals surface area contributed by atoms with Gasteiger partial charge in [-0.1, -0.05) is 6.42 Å². The van der Waals surface area contributed by atoms with Crippen molar-refractivity contribution in [3.63, 3.8) is 0 Å². The lowest BCUT2D eigenvalue weighted by atomic mass is 10.2. The molecule has 0 aliphatic heterocycles. The Morgan fingerprint density at radius 2 is 1.59 bits per heavy atom. The van der Waals surface area contributed by atoms with Crippen LogP contribution in [0.15, 0.2) is 0 Å². The van der Waals surface area contributed by atoms with E-state index in [4.69, 9.17) is 19.3 Å². The quantitative estimate of drug-likeness (QED) is 0.536. The van der Waals surface area contributed by atoms with Crippen molar-refractivity contribution < 1.29 is 28.9 Å². The Hall–Kier alpha value is -1.34. The number of carbonyl (C=O) groups is 2. The number of carboxylic acid groups (broad SMARTS) is 1. The van der Waals surface area contributed by atoms with Crippen LogP contribution in [-0.2, 0) is 19.0 Å². The molecule has 22 heavy (non-hydrogen) atoms. The van der Waals surface area contributed by atoms with E-state index in [1.165, 1.54) is 0 Å². The largest absolute Gasteiger partial charge is 0.481 e. The molecule has 7 heteroatoms. The molecule has 0 bridgehead atoms. The predicted molar refractivity (Wildman–Crippen MR) is 82.0 cm³/mol. The van der Waals surface area contributed by atoms with E-state index in [0.29, 0.717) is 39.4 Å². The molecule has 0 spiro atoms. The number of amides is 1. The summed E-state index contributed by atoms with van der Waals surface area (Å²) >= 11 is 0. The van der Waals surface area contributed by atoms with Crippen molar-refractivity contribution in [2.75, 3.05) is 33.0 Å².